The summed E-state index contributed by atoms with van der Waals surface area (Å²) in [6, 6.07) is 10.2. The summed E-state index contributed by atoms with van der Waals surface area (Å²) in [6.45, 7) is 8.51. The Morgan fingerprint density at radius 2 is 2.00 bits per heavy atom. The Labute approximate surface area is 106 Å². The third-order valence-electron chi connectivity index (χ3n) is 3.33. The minimum Gasteiger partial charge on any atom is -0.466 e. The van der Waals surface area contributed by atoms with E-state index in [9.17, 15) is 4.79 Å². The zero-order valence-corrected chi connectivity index (χ0v) is 12.1. The number of hydrogen-bond donors (Lipinski definition) is 0. The first-order chi connectivity index (χ1) is 8.41. The molecule has 94 valence electrons. The van der Waals surface area contributed by atoms with Crippen molar-refractivity contribution in [3.05, 3.63) is 30.3 Å². The molecule has 2 nitrogen and oxygen atoms in total. The van der Waals surface area contributed by atoms with Gasteiger partial charge in [-0.2, -0.15) is 0 Å². The lowest BCUT2D eigenvalue weighted by Gasteiger charge is -2.29. The topological polar surface area (TPSA) is 26.3 Å². The summed E-state index contributed by atoms with van der Waals surface area (Å²) >= 11 is 0. The lowest BCUT2D eigenvalue weighted by Crippen LogP contribution is -2.45. The summed E-state index contributed by atoms with van der Waals surface area (Å²) in [5, 5.41) is 1.28. The number of carbonyl (C=O) groups excluding carboxylic acids is 1. The average Bonchev–Trinajstić information content (AvgIpc) is 2.38. The van der Waals surface area contributed by atoms with Gasteiger partial charge in [-0.15, -0.1) is 0 Å². The molecule has 0 unspecified atom stereocenters. The third kappa shape index (κ3) is 3.70. The minimum atomic E-state index is -1.83. The van der Waals surface area contributed by atoms with Crippen LogP contribution in [-0.2, 0) is 9.53 Å². The number of esters is 1. The second kappa shape index (κ2) is 6.01. The molecule has 0 heterocycles. The maximum atomic E-state index is 11.7. The Balaban J connectivity index is 2.88. The molecule has 0 aliphatic rings. The largest absolute Gasteiger partial charge is 0.466 e. The maximum Gasteiger partial charge on any atom is 0.305 e. The Kier molecular flexibility index (Phi) is 4.37. The minimum absolute atomic E-state index is 0.0268. The summed E-state index contributed by atoms with van der Waals surface area (Å²) in [5.41, 5.74) is 0.0268. The van der Waals surface area contributed by atoms with E-state index >= 15 is 0 Å². The normalized spacial score (nSPS) is 15.9. The molecule has 0 spiro atoms. The van der Waals surface area contributed by atoms with Crippen molar-refractivity contribution in [3.63, 3.8) is 0 Å². The monoisotopic (exact) mass is 251 g/mol. The fourth-order valence-corrected chi connectivity index (χ4v) is 3.86. The van der Waals surface area contributed by atoms with Crippen LogP contribution in [-0.4, -0.2) is 20.7 Å². The summed E-state index contributed by atoms with van der Waals surface area (Å²) in [5.74, 6) is -0.401. The molecule has 0 aliphatic heterocycles. The van der Waals surface area contributed by atoms with E-state index in [1.54, 1.807) is 6.92 Å². The first-order valence-corrected chi connectivity index (χ1v) is 9.13. The van der Waals surface area contributed by atoms with Gasteiger partial charge in [-0.05, 0) is 12.5 Å². The second-order valence-corrected chi connectivity index (χ2v) is 9.73. The molecule has 0 amide bonds. The molecular formula is C14H22O2Si. The lowest BCUT2D eigenvalue weighted by molar-refractivity contribution is -0.143. The van der Waals surface area contributed by atoms with Gasteiger partial charge in [-0.1, -0.05) is 55.5 Å². The van der Waals surface area contributed by atoms with Crippen LogP contribution in [0.25, 0.3) is 0 Å². The quantitative estimate of drug-likeness (QED) is 0.594. The van der Waals surface area contributed by atoms with Gasteiger partial charge in [0.25, 0.3) is 0 Å². The van der Waals surface area contributed by atoms with Crippen molar-refractivity contribution < 1.29 is 10.9 Å². The van der Waals surface area contributed by atoms with Crippen molar-refractivity contribution in [3.8, 4) is 0 Å². The van der Waals surface area contributed by atoms with Crippen molar-refractivity contribution in [2.75, 3.05) is 6.61 Å². The van der Waals surface area contributed by atoms with Crippen LogP contribution in [0.1, 0.15) is 21.6 Å². The maximum absolute atomic E-state index is 11.7. The highest BCUT2D eigenvalue weighted by Gasteiger charge is 2.31. The van der Waals surface area contributed by atoms with E-state index < -0.39 is 20.4 Å². The molecule has 1 rings (SSSR count). The summed E-state index contributed by atoms with van der Waals surface area (Å²) in [7, 11) is -1.83. The highest BCUT2D eigenvalue weighted by Crippen LogP contribution is 2.25. The smallest absolute Gasteiger partial charge is 0.305 e. The van der Waals surface area contributed by atoms with Gasteiger partial charge in [0.2, 0.25) is 0 Å². The van der Waals surface area contributed by atoms with Crippen LogP contribution in [0.3, 0.4) is 0 Å². The first-order valence-electron chi connectivity index (χ1n) is 6.63. The van der Waals surface area contributed by atoms with Gasteiger partial charge < -0.3 is 4.74 Å². The van der Waals surface area contributed by atoms with Crippen molar-refractivity contribution >= 4 is 19.2 Å². The molecule has 0 bridgehead atoms. The predicted octanol–water partition coefficient (Wildman–Crippen LogP) is 2.95. The summed E-state index contributed by atoms with van der Waals surface area (Å²) in [4.78, 5) is 11.7. The van der Waals surface area contributed by atoms with Gasteiger partial charge >= 0.3 is 5.97 Å². The summed E-state index contributed by atoms with van der Waals surface area (Å²) in [6.07, 6.45) is -0.785. The van der Waals surface area contributed by atoms with E-state index in [1.807, 2.05) is 25.1 Å². The van der Waals surface area contributed by atoms with Crippen LogP contribution in [0.4, 0.5) is 0 Å². The van der Waals surface area contributed by atoms with Crippen molar-refractivity contribution in [2.24, 2.45) is 0 Å². The number of carbonyl (C=O) groups is 1. The van der Waals surface area contributed by atoms with Crippen molar-refractivity contribution in [1.29, 1.82) is 0 Å². The molecule has 2 atom stereocenters. The van der Waals surface area contributed by atoms with Crippen LogP contribution in [0.5, 0.6) is 0 Å². The second-order valence-electron chi connectivity index (χ2n) is 4.80. The molecule has 17 heavy (non-hydrogen) atoms. The van der Waals surface area contributed by atoms with Crippen LogP contribution in [0.2, 0.25) is 18.6 Å². The molecule has 0 aliphatic carbocycles. The van der Waals surface area contributed by atoms with Gasteiger partial charge in [-0.25, -0.2) is 0 Å². The Bertz CT molecular complexity index is 392. The lowest BCUT2D eigenvalue weighted by atomic mass is 10.3. The molecular weight excluding hydrogens is 228 g/mol. The van der Waals surface area contributed by atoms with Crippen molar-refractivity contribution in [2.45, 2.75) is 38.9 Å². The number of hydrogen-bond acceptors (Lipinski definition) is 2. The number of benzene rings is 1. The third-order valence-corrected chi connectivity index (χ3v) is 7.59. The van der Waals surface area contributed by atoms with E-state index in [-0.39, 0.29) is 5.54 Å². The zero-order valence-electron chi connectivity index (χ0n) is 12.1. The number of ether oxygens (including phenoxy) is 1. The van der Waals surface area contributed by atoms with Crippen LogP contribution in [0, 0.1) is 0 Å². The van der Waals surface area contributed by atoms with Gasteiger partial charge in [-0.3, -0.25) is 4.79 Å². The predicted molar refractivity (Wildman–Crippen MR) is 74.2 cm³/mol. The van der Waals surface area contributed by atoms with Crippen molar-refractivity contribution in [1.82, 2.24) is 0 Å². The highest BCUT2D eigenvalue weighted by molar-refractivity contribution is 6.91. The van der Waals surface area contributed by atoms with Crippen LogP contribution in [0.15, 0.2) is 30.3 Å². The number of rotatable bonds is 5. The Morgan fingerprint density at radius 3 is 2.53 bits per heavy atom. The fourth-order valence-electron chi connectivity index (χ4n) is 1.73. The molecule has 0 fully saturated rings. The highest BCUT2D eigenvalue weighted by atomic mass is 28.3. The Morgan fingerprint density at radius 1 is 1.41 bits per heavy atom. The molecule has 0 radical (unpaired) electrons. The van der Waals surface area contributed by atoms with E-state index in [1.165, 1.54) is 5.19 Å². The van der Waals surface area contributed by atoms with Gasteiger partial charge in [0.05, 0.1) is 14.7 Å². The molecule has 1 aromatic rings. The SMILES string of the molecule is [2H][C@@H](C(=O)OCC)[C@@H](C)[Si](C)(C)c1ccccc1. The first kappa shape index (κ1) is 12.4. The zero-order chi connectivity index (χ0) is 13.8. The standard InChI is InChI=1S/C14H22O2Si/c1-5-16-14(15)11-12(2)17(3,4)13-9-7-6-8-10-13/h6-10,12H,5,11H2,1-4H3/t12-/m1/s1/i11D/t11-,12-. The van der Waals surface area contributed by atoms with E-state index in [2.05, 4.69) is 25.2 Å². The van der Waals surface area contributed by atoms with Gasteiger partial charge in [0, 0.05) is 7.77 Å². The molecule has 0 saturated carbocycles. The Hall–Kier alpha value is -1.09. The molecule has 3 heteroatoms. The van der Waals surface area contributed by atoms with Gasteiger partial charge in [0.1, 0.15) is 0 Å². The average molecular weight is 251 g/mol. The molecule has 0 N–H and O–H groups in total. The molecule has 1 aromatic carbocycles. The fraction of sp³-hybridized carbons (Fsp3) is 0.500. The van der Waals surface area contributed by atoms with E-state index in [4.69, 9.17) is 6.11 Å². The van der Waals surface area contributed by atoms with E-state index in [0.29, 0.717) is 6.61 Å². The van der Waals surface area contributed by atoms with Gasteiger partial charge in [0.15, 0.2) is 0 Å². The van der Waals surface area contributed by atoms with E-state index in [0.717, 1.165) is 0 Å². The van der Waals surface area contributed by atoms with Crippen LogP contribution >= 0.6 is 0 Å². The molecule has 0 aromatic heterocycles. The molecule has 0 saturated heterocycles. The summed E-state index contributed by atoms with van der Waals surface area (Å²) < 4.78 is 13.0. The van der Waals surface area contributed by atoms with Crippen LogP contribution < -0.4 is 5.19 Å².